The Bertz CT molecular complexity index is 800. The minimum atomic E-state index is -0.170. The van der Waals surface area contributed by atoms with E-state index in [4.69, 9.17) is 4.74 Å². The van der Waals surface area contributed by atoms with Crippen molar-refractivity contribution < 1.29 is 14.6 Å². The zero-order chi connectivity index (χ0) is 17.8. The Morgan fingerprint density at radius 1 is 1.32 bits per heavy atom. The molecule has 0 saturated carbocycles. The summed E-state index contributed by atoms with van der Waals surface area (Å²) in [6.07, 6.45) is 7.21. The van der Waals surface area contributed by atoms with Crippen LogP contribution in [0.25, 0.3) is 6.08 Å². The van der Waals surface area contributed by atoms with E-state index in [0.29, 0.717) is 23.4 Å². The smallest absolute Gasteiger partial charge is 0.231 e. The van der Waals surface area contributed by atoms with Gasteiger partial charge in [0, 0.05) is 18.9 Å². The van der Waals surface area contributed by atoms with Gasteiger partial charge in [0.1, 0.15) is 11.5 Å². The number of hydrogen-bond acceptors (Lipinski definition) is 5. The van der Waals surface area contributed by atoms with E-state index < -0.39 is 0 Å². The lowest BCUT2D eigenvalue weighted by molar-refractivity contribution is 0.101. The third kappa shape index (κ3) is 3.72. The van der Waals surface area contributed by atoms with Crippen LogP contribution in [-0.2, 0) is 6.54 Å². The van der Waals surface area contributed by atoms with Crippen LogP contribution in [0.5, 0.6) is 11.5 Å². The molecule has 130 valence electrons. The molecule has 1 aliphatic heterocycles. The summed E-state index contributed by atoms with van der Waals surface area (Å²) >= 11 is 0. The Balaban J connectivity index is 1.89. The first-order valence-corrected chi connectivity index (χ1v) is 8.47. The van der Waals surface area contributed by atoms with Crippen molar-refractivity contribution in [2.75, 3.05) is 13.6 Å². The molecular formula is C20H22N2O3. The fourth-order valence-electron chi connectivity index (χ4n) is 2.84. The van der Waals surface area contributed by atoms with E-state index in [1.807, 2.05) is 13.1 Å². The second-order valence-corrected chi connectivity index (χ2v) is 6.26. The maximum Gasteiger partial charge on any atom is 0.231 e. The Morgan fingerprint density at radius 2 is 2.16 bits per heavy atom. The molecular weight excluding hydrogens is 316 g/mol. The highest BCUT2D eigenvalue weighted by molar-refractivity contribution is 6.14. The van der Waals surface area contributed by atoms with Crippen LogP contribution in [0.15, 0.2) is 42.4 Å². The van der Waals surface area contributed by atoms with E-state index >= 15 is 0 Å². The fourth-order valence-corrected chi connectivity index (χ4v) is 2.84. The van der Waals surface area contributed by atoms with Gasteiger partial charge in [-0.2, -0.15) is 0 Å². The Hall–Kier alpha value is -2.66. The number of phenolic OH excluding ortho intramolecular Hbond substituents is 1. The molecule has 0 atom stereocenters. The summed E-state index contributed by atoms with van der Waals surface area (Å²) in [4.78, 5) is 18.8. The topological polar surface area (TPSA) is 62.7 Å². The molecule has 1 aliphatic rings. The Labute approximate surface area is 147 Å². The van der Waals surface area contributed by atoms with E-state index in [-0.39, 0.29) is 17.3 Å². The van der Waals surface area contributed by atoms with Gasteiger partial charge in [-0.1, -0.05) is 19.4 Å². The number of allylic oxidation sites excluding steroid dienone is 1. The predicted octanol–water partition coefficient (Wildman–Crippen LogP) is 3.64. The summed E-state index contributed by atoms with van der Waals surface area (Å²) in [6, 6.07) is 6.85. The molecule has 0 bridgehead atoms. The van der Waals surface area contributed by atoms with Crippen molar-refractivity contribution in [1.29, 1.82) is 0 Å². The van der Waals surface area contributed by atoms with Gasteiger partial charge in [0.25, 0.3) is 0 Å². The highest BCUT2D eigenvalue weighted by Gasteiger charge is 2.31. The van der Waals surface area contributed by atoms with Crippen molar-refractivity contribution in [3.05, 3.63) is 59.1 Å². The number of benzene rings is 1. The molecule has 0 amide bonds. The molecule has 3 rings (SSSR count). The number of carbonyl (C=O) groups excluding carboxylic acids is 1. The van der Waals surface area contributed by atoms with Crippen molar-refractivity contribution >= 4 is 11.9 Å². The van der Waals surface area contributed by atoms with Crippen molar-refractivity contribution in [2.24, 2.45) is 0 Å². The van der Waals surface area contributed by atoms with Crippen molar-refractivity contribution in [3.8, 4) is 11.5 Å². The van der Waals surface area contributed by atoms with Gasteiger partial charge in [-0.25, -0.2) is 0 Å². The van der Waals surface area contributed by atoms with Crippen LogP contribution in [0.1, 0.15) is 41.3 Å². The molecule has 2 aromatic rings. The molecule has 0 aliphatic carbocycles. The minimum Gasteiger partial charge on any atom is -0.507 e. The lowest BCUT2D eigenvalue weighted by Crippen LogP contribution is -2.19. The summed E-state index contributed by atoms with van der Waals surface area (Å²) in [6.45, 7) is 3.59. The third-order valence-electron chi connectivity index (χ3n) is 4.22. The summed E-state index contributed by atoms with van der Waals surface area (Å²) in [5.74, 6) is 0.698. The number of phenols is 1. The average molecular weight is 338 g/mol. The van der Waals surface area contributed by atoms with E-state index in [1.54, 1.807) is 36.7 Å². The van der Waals surface area contributed by atoms with E-state index in [0.717, 1.165) is 24.9 Å². The molecule has 1 aromatic carbocycles. The van der Waals surface area contributed by atoms with Crippen LogP contribution in [-0.4, -0.2) is 34.4 Å². The second-order valence-electron chi connectivity index (χ2n) is 6.26. The molecule has 0 saturated heterocycles. The van der Waals surface area contributed by atoms with E-state index in [2.05, 4.69) is 16.8 Å². The molecule has 25 heavy (non-hydrogen) atoms. The quantitative estimate of drug-likeness (QED) is 0.815. The number of ether oxygens (including phenoxy) is 1. The van der Waals surface area contributed by atoms with Gasteiger partial charge in [-0.15, -0.1) is 0 Å². The van der Waals surface area contributed by atoms with Crippen molar-refractivity contribution in [1.82, 2.24) is 9.88 Å². The molecule has 0 spiro atoms. The number of aromatic hydroxyl groups is 1. The van der Waals surface area contributed by atoms with Gasteiger partial charge in [-0.3, -0.25) is 9.78 Å². The number of ketones is 1. The van der Waals surface area contributed by atoms with E-state index in [1.165, 1.54) is 0 Å². The number of fused-ring (bicyclic) bond motifs is 1. The van der Waals surface area contributed by atoms with Gasteiger partial charge < -0.3 is 14.7 Å². The van der Waals surface area contributed by atoms with Crippen LogP contribution in [0.2, 0.25) is 0 Å². The number of nitrogens with zero attached hydrogens (tertiary/aromatic N) is 2. The molecule has 5 heteroatoms. The van der Waals surface area contributed by atoms with Crippen LogP contribution in [0.3, 0.4) is 0 Å². The number of carbonyl (C=O) groups is 1. The summed E-state index contributed by atoms with van der Waals surface area (Å²) in [5, 5.41) is 10.3. The second kappa shape index (κ2) is 7.49. The lowest BCUT2D eigenvalue weighted by Gasteiger charge is -2.18. The van der Waals surface area contributed by atoms with E-state index in [9.17, 15) is 9.90 Å². The summed E-state index contributed by atoms with van der Waals surface area (Å²) in [5.41, 5.74) is 1.94. The van der Waals surface area contributed by atoms with Gasteiger partial charge >= 0.3 is 0 Å². The van der Waals surface area contributed by atoms with Gasteiger partial charge in [-0.05, 0) is 49.9 Å². The predicted molar refractivity (Wildman–Crippen MR) is 96.5 cm³/mol. The molecule has 2 heterocycles. The summed E-state index contributed by atoms with van der Waals surface area (Å²) < 4.78 is 5.84. The van der Waals surface area contributed by atoms with Crippen LogP contribution < -0.4 is 4.74 Å². The number of aromatic nitrogens is 1. The number of Topliss-reactive ketones (excluding diaryl/α,β-unsaturated/α-hetero) is 1. The normalized spacial score (nSPS) is 14.8. The molecule has 1 aromatic heterocycles. The first-order chi connectivity index (χ1) is 12.1. The monoisotopic (exact) mass is 338 g/mol. The average Bonchev–Trinajstić information content (AvgIpc) is 2.93. The molecule has 1 N–H and O–H groups in total. The standard InChI is InChI=1S/C20H22N2O3/c1-3-4-10-22(2)13-16-17(23)8-7-15-19(24)18(25-20(15)16)11-14-6-5-9-21-12-14/h5-9,11-12,23H,3-4,10,13H2,1-2H3/b18-11+. The first-order valence-electron chi connectivity index (χ1n) is 8.47. The molecule has 0 radical (unpaired) electrons. The Morgan fingerprint density at radius 3 is 2.88 bits per heavy atom. The molecule has 0 fully saturated rings. The maximum absolute atomic E-state index is 12.6. The largest absolute Gasteiger partial charge is 0.507 e. The first kappa shape index (κ1) is 17.2. The number of pyridine rings is 1. The minimum absolute atomic E-state index is 0.150. The molecule has 5 nitrogen and oxygen atoms in total. The zero-order valence-corrected chi connectivity index (χ0v) is 14.5. The van der Waals surface area contributed by atoms with Gasteiger partial charge in [0.15, 0.2) is 5.76 Å². The fraction of sp³-hybridized carbons (Fsp3) is 0.300. The van der Waals surface area contributed by atoms with Crippen molar-refractivity contribution in [3.63, 3.8) is 0 Å². The maximum atomic E-state index is 12.6. The van der Waals surface area contributed by atoms with Crippen LogP contribution in [0, 0.1) is 0 Å². The van der Waals surface area contributed by atoms with Crippen LogP contribution >= 0.6 is 0 Å². The third-order valence-corrected chi connectivity index (χ3v) is 4.22. The van der Waals surface area contributed by atoms with Crippen molar-refractivity contribution in [2.45, 2.75) is 26.3 Å². The van der Waals surface area contributed by atoms with Crippen LogP contribution in [0.4, 0.5) is 0 Å². The zero-order valence-electron chi connectivity index (χ0n) is 14.5. The lowest BCUT2D eigenvalue weighted by atomic mass is 10.0. The highest BCUT2D eigenvalue weighted by Crippen LogP contribution is 2.40. The van der Waals surface area contributed by atoms with Gasteiger partial charge in [0.2, 0.25) is 5.78 Å². The summed E-state index contributed by atoms with van der Waals surface area (Å²) in [7, 11) is 2.00. The SMILES string of the molecule is CCCCN(C)Cc1c(O)ccc2c1O/C(=C/c1cccnc1)C2=O. The number of hydrogen-bond donors (Lipinski definition) is 1. The van der Waals surface area contributed by atoms with Gasteiger partial charge in [0.05, 0.1) is 11.1 Å². The molecule has 0 unspecified atom stereocenters. The number of unbranched alkanes of at least 4 members (excludes halogenated alkanes) is 1. The number of rotatable bonds is 6. The highest BCUT2D eigenvalue weighted by atomic mass is 16.5. The Kier molecular flexibility index (Phi) is 5.14.